The van der Waals surface area contributed by atoms with Gasteiger partial charge in [0.15, 0.2) is 16.1 Å². The lowest BCUT2D eigenvalue weighted by atomic mass is 10.1. The van der Waals surface area contributed by atoms with Crippen LogP contribution in [0, 0.1) is 0 Å². The predicted molar refractivity (Wildman–Crippen MR) is 301 cm³/mol. The van der Waals surface area contributed by atoms with Gasteiger partial charge in [-0.15, -0.1) is 0 Å². The largest absolute Gasteiger partial charge is 0.311 e. The van der Waals surface area contributed by atoms with Gasteiger partial charge in [0, 0.05) is 34.1 Å². The van der Waals surface area contributed by atoms with Gasteiger partial charge in [0.2, 0.25) is 0 Å². The van der Waals surface area contributed by atoms with Crippen molar-refractivity contribution in [1.29, 1.82) is 0 Å². The lowest BCUT2D eigenvalue weighted by Gasteiger charge is -2.46. The van der Waals surface area contributed by atoms with Crippen molar-refractivity contribution in [2.24, 2.45) is 0 Å². The van der Waals surface area contributed by atoms with E-state index in [2.05, 4.69) is 301 Å². The van der Waals surface area contributed by atoms with Crippen molar-refractivity contribution in [1.82, 2.24) is 0 Å². The van der Waals surface area contributed by atoms with Crippen molar-refractivity contribution < 1.29 is 0 Å². The van der Waals surface area contributed by atoms with E-state index in [0.29, 0.717) is 0 Å². The van der Waals surface area contributed by atoms with Gasteiger partial charge in [-0.2, -0.15) is 0 Å². The third-order valence-corrected chi connectivity index (χ3v) is 24.5. The summed E-state index contributed by atoms with van der Waals surface area (Å²) in [5.74, 6) is 0. The normalized spacial score (nSPS) is 13.9. The number of rotatable bonds is 8. The molecule has 0 aromatic heterocycles. The van der Waals surface area contributed by atoms with E-state index in [1.807, 2.05) is 0 Å². The van der Waals surface area contributed by atoms with Crippen LogP contribution in [-0.4, -0.2) is 16.1 Å². The summed E-state index contributed by atoms with van der Waals surface area (Å²) >= 11 is 0. The molecule has 0 unspecified atom stereocenters. The monoisotopic (exact) mass is 924 g/mol. The average Bonchev–Trinajstić information content (AvgIpc) is 3.45. The third kappa shape index (κ3) is 6.45. The molecule has 0 amide bonds. The van der Waals surface area contributed by atoms with Crippen molar-refractivity contribution in [2.75, 3.05) is 9.80 Å². The van der Waals surface area contributed by atoms with Crippen molar-refractivity contribution in [3.05, 3.63) is 291 Å². The zero-order chi connectivity index (χ0) is 46.5. The molecule has 0 saturated heterocycles. The molecule has 11 aromatic rings. The SMILES string of the molecule is c1ccc(-c2ccc([Si]3(c4ccccc4)c4ccccc4N(c4cccc(N5c6ccccc6[Si](c6ccccc6)(c6ccc(-c7ccccc7)cc6)c6ccccc65)c4)c4ccccc43)cc2)cc1. The quantitative estimate of drug-likeness (QED) is 0.140. The summed E-state index contributed by atoms with van der Waals surface area (Å²) in [6, 6.07) is 109. The fraction of sp³-hybridized carbons (Fsp3) is 0. The Morgan fingerprint density at radius 2 is 0.457 bits per heavy atom. The standard InChI is InChI=1S/C66H48N2Si2/c1-5-22-49(23-6-1)51-40-44-57(45-41-51)69(55-28-9-3-10-29-55)63-36-17-13-32-59(63)67(60-33-14-18-37-64(60)69)53-26-21-27-54(48-53)68-61-34-15-19-38-65(61)70(56-30-11-4-12-31-56,66-39-20-16-35-62(66)68)58-46-42-52(43-47-58)50-24-7-2-8-25-50/h1-48H. The first-order chi connectivity index (χ1) is 34.7. The highest BCUT2D eigenvalue weighted by atomic mass is 28.3. The van der Waals surface area contributed by atoms with Crippen LogP contribution in [0.1, 0.15) is 0 Å². The van der Waals surface area contributed by atoms with Crippen molar-refractivity contribution >= 4 is 91.8 Å². The molecule has 4 heteroatoms. The Bertz CT molecular complexity index is 3320. The molecule has 2 aliphatic heterocycles. The van der Waals surface area contributed by atoms with Gasteiger partial charge in [-0.1, -0.05) is 249 Å². The third-order valence-electron chi connectivity index (χ3n) is 14.8. The number of hydrogen-bond donors (Lipinski definition) is 0. The minimum absolute atomic E-state index is 1.12. The second-order valence-corrected chi connectivity index (χ2v) is 25.8. The van der Waals surface area contributed by atoms with Crippen LogP contribution in [0.3, 0.4) is 0 Å². The first-order valence-corrected chi connectivity index (χ1v) is 28.3. The molecule has 0 spiro atoms. The fourth-order valence-electron chi connectivity index (χ4n) is 11.9. The van der Waals surface area contributed by atoms with Gasteiger partial charge in [0.1, 0.15) is 0 Å². The van der Waals surface area contributed by atoms with Crippen LogP contribution in [0.25, 0.3) is 22.3 Å². The molecule has 0 saturated carbocycles. The summed E-state index contributed by atoms with van der Waals surface area (Å²) < 4.78 is 0. The van der Waals surface area contributed by atoms with Crippen LogP contribution in [0.5, 0.6) is 0 Å². The molecule has 0 fully saturated rings. The van der Waals surface area contributed by atoms with Crippen LogP contribution in [0.4, 0.5) is 34.1 Å². The second kappa shape index (κ2) is 17.2. The molecule has 0 aliphatic carbocycles. The first kappa shape index (κ1) is 41.6. The van der Waals surface area contributed by atoms with Crippen LogP contribution in [-0.2, 0) is 0 Å². The van der Waals surface area contributed by atoms with E-state index < -0.39 is 16.1 Å². The molecule has 0 N–H and O–H groups in total. The lowest BCUT2D eigenvalue weighted by molar-refractivity contribution is 1.25. The van der Waals surface area contributed by atoms with Gasteiger partial charge >= 0.3 is 0 Å². The van der Waals surface area contributed by atoms with E-state index in [0.717, 1.165) is 11.4 Å². The molecular formula is C66H48N2Si2. The van der Waals surface area contributed by atoms with E-state index >= 15 is 0 Å². The lowest BCUT2D eigenvalue weighted by Crippen LogP contribution is -2.77. The Kier molecular flexibility index (Phi) is 10.2. The first-order valence-electron chi connectivity index (χ1n) is 24.3. The molecule has 2 nitrogen and oxygen atoms in total. The minimum Gasteiger partial charge on any atom is -0.311 e. The van der Waals surface area contributed by atoms with Gasteiger partial charge in [0.05, 0.1) is 0 Å². The van der Waals surface area contributed by atoms with Crippen LogP contribution in [0.2, 0.25) is 0 Å². The summed E-state index contributed by atoms with van der Waals surface area (Å²) in [7, 11) is -5.73. The highest BCUT2D eigenvalue weighted by Gasteiger charge is 2.50. The Labute approximate surface area is 412 Å². The zero-order valence-electron chi connectivity index (χ0n) is 38.6. The van der Waals surface area contributed by atoms with Crippen LogP contribution < -0.4 is 51.3 Å². The number of hydrogen-bond acceptors (Lipinski definition) is 2. The van der Waals surface area contributed by atoms with Gasteiger partial charge in [-0.3, -0.25) is 0 Å². The van der Waals surface area contributed by atoms with E-state index in [1.165, 1.54) is 86.5 Å². The molecule has 330 valence electrons. The number of fused-ring (bicyclic) bond motifs is 4. The van der Waals surface area contributed by atoms with Crippen LogP contribution in [0.15, 0.2) is 291 Å². The minimum atomic E-state index is -2.87. The molecule has 0 atom stereocenters. The summed E-state index contributed by atoms with van der Waals surface area (Å²) in [5, 5.41) is 11.0. The maximum absolute atomic E-state index is 2.87. The molecular weight excluding hydrogens is 877 g/mol. The zero-order valence-corrected chi connectivity index (χ0v) is 40.6. The molecule has 0 bridgehead atoms. The van der Waals surface area contributed by atoms with E-state index in [1.54, 1.807) is 0 Å². The van der Waals surface area contributed by atoms with Gasteiger partial charge in [-0.25, -0.2) is 0 Å². The summed E-state index contributed by atoms with van der Waals surface area (Å²) in [5.41, 5.74) is 12.0. The van der Waals surface area contributed by atoms with E-state index in [-0.39, 0.29) is 0 Å². The highest BCUT2D eigenvalue weighted by molar-refractivity contribution is 7.22. The molecule has 2 heterocycles. The highest BCUT2D eigenvalue weighted by Crippen LogP contribution is 2.43. The van der Waals surface area contributed by atoms with E-state index in [4.69, 9.17) is 0 Å². The van der Waals surface area contributed by atoms with E-state index in [9.17, 15) is 0 Å². The number of para-hydroxylation sites is 4. The maximum atomic E-state index is 2.53. The number of nitrogens with zero attached hydrogens (tertiary/aromatic N) is 2. The van der Waals surface area contributed by atoms with Crippen molar-refractivity contribution in [3.63, 3.8) is 0 Å². The Hall–Kier alpha value is -8.55. The van der Waals surface area contributed by atoms with Crippen molar-refractivity contribution in [3.8, 4) is 22.3 Å². The Morgan fingerprint density at radius 1 is 0.200 bits per heavy atom. The molecule has 11 aromatic carbocycles. The molecule has 0 radical (unpaired) electrons. The summed E-state index contributed by atoms with van der Waals surface area (Å²) in [6.45, 7) is 0. The fourth-order valence-corrected chi connectivity index (χ4v) is 22.0. The number of benzene rings is 11. The maximum Gasteiger partial charge on any atom is 0.184 e. The number of anilines is 6. The smallest absolute Gasteiger partial charge is 0.184 e. The Balaban J connectivity index is 0.989. The van der Waals surface area contributed by atoms with Gasteiger partial charge in [-0.05, 0) is 106 Å². The molecule has 13 rings (SSSR count). The second-order valence-electron chi connectivity index (χ2n) is 18.4. The van der Waals surface area contributed by atoms with Crippen molar-refractivity contribution in [2.45, 2.75) is 0 Å². The predicted octanol–water partition coefficient (Wildman–Crippen LogP) is 11.3. The Morgan fingerprint density at radius 3 is 0.786 bits per heavy atom. The summed E-state index contributed by atoms with van der Waals surface area (Å²) in [6.07, 6.45) is 0. The summed E-state index contributed by atoms with van der Waals surface area (Å²) in [4.78, 5) is 5.06. The molecule has 2 aliphatic rings. The van der Waals surface area contributed by atoms with Crippen LogP contribution >= 0.6 is 0 Å². The topological polar surface area (TPSA) is 6.48 Å². The average molecular weight is 925 g/mol. The van der Waals surface area contributed by atoms with Gasteiger partial charge < -0.3 is 9.80 Å². The van der Waals surface area contributed by atoms with Gasteiger partial charge in [0.25, 0.3) is 0 Å². The molecule has 70 heavy (non-hydrogen) atoms.